The fourth-order valence-corrected chi connectivity index (χ4v) is 3.29. The number of nitrogens with zero attached hydrogens (tertiary/aromatic N) is 2. The number of rotatable bonds is 2. The van der Waals surface area contributed by atoms with Gasteiger partial charge in [-0.1, -0.05) is 37.3 Å². The molecule has 0 amide bonds. The van der Waals surface area contributed by atoms with E-state index in [1.54, 1.807) is 0 Å². The number of benzene rings is 1. The van der Waals surface area contributed by atoms with Crippen molar-refractivity contribution < 1.29 is 0 Å². The first-order valence-electron chi connectivity index (χ1n) is 6.40. The van der Waals surface area contributed by atoms with Crippen molar-refractivity contribution in [3.05, 3.63) is 47.9 Å². The summed E-state index contributed by atoms with van der Waals surface area (Å²) in [5.74, 6) is 0. The van der Waals surface area contributed by atoms with Crippen LogP contribution in [0, 0.1) is 27.4 Å². The fourth-order valence-electron chi connectivity index (χ4n) is 2.37. The molecule has 0 aromatic heterocycles. The van der Waals surface area contributed by atoms with Crippen molar-refractivity contribution in [3.8, 4) is 0 Å². The van der Waals surface area contributed by atoms with Crippen LogP contribution in [0.25, 0.3) is 0 Å². The lowest BCUT2D eigenvalue weighted by Gasteiger charge is -2.30. The lowest BCUT2D eigenvalue weighted by Crippen LogP contribution is -2.40. The molecular formula is C15H22N2Si. The molecule has 18 heavy (non-hydrogen) atoms. The average Bonchev–Trinajstić information content (AvgIpc) is 2.64. The summed E-state index contributed by atoms with van der Waals surface area (Å²) < 4.78 is 2.26. The van der Waals surface area contributed by atoms with Gasteiger partial charge in [-0.2, -0.15) is 0 Å². The summed E-state index contributed by atoms with van der Waals surface area (Å²) in [5, 5.41) is 0. The fraction of sp³-hybridized carbons (Fsp3) is 0.400. The molecule has 0 bridgehead atoms. The normalized spacial score (nSPS) is 15.7. The van der Waals surface area contributed by atoms with Gasteiger partial charge >= 0.3 is 0 Å². The molecule has 2 radical (unpaired) electrons. The monoisotopic (exact) mass is 258 g/mol. The second kappa shape index (κ2) is 4.46. The van der Waals surface area contributed by atoms with Gasteiger partial charge in [-0.15, -0.1) is 0 Å². The van der Waals surface area contributed by atoms with E-state index in [1.165, 1.54) is 22.4 Å². The molecule has 1 aromatic rings. The standard InChI is InChI=1S/C15H22N2Si/c1-12-9-13(2)15(14(3)10-12)16-7-8-17(11-16)18(4,5)6/h7-10H,1-6H3. The number of anilines is 1. The van der Waals surface area contributed by atoms with Gasteiger partial charge in [0.25, 0.3) is 0 Å². The molecule has 0 fully saturated rings. The largest absolute Gasteiger partial charge is 0.374 e. The topological polar surface area (TPSA) is 6.48 Å². The van der Waals surface area contributed by atoms with Crippen molar-refractivity contribution in [2.24, 2.45) is 0 Å². The Labute approximate surface area is 112 Å². The number of aryl methyl sites for hydroxylation is 3. The number of hydrogen-bond acceptors (Lipinski definition) is 2. The van der Waals surface area contributed by atoms with Gasteiger partial charge in [-0.3, -0.25) is 0 Å². The Morgan fingerprint density at radius 1 is 0.944 bits per heavy atom. The van der Waals surface area contributed by atoms with Crippen LogP contribution in [0.15, 0.2) is 24.5 Å². The molecule has 96 valence electrons. The highest BCUT2D eigenvalue weighted by atomic mass is 28.3. The molecule has 3 heteroatoms. The highest BCUT2D eigenvalue weighted by Crippen LogP contribution is 2.31. The van der Waals surface area contributed by atoms with Crippen molar-refractivity contribution in [2.45, 2.75) is 40.4 Å². The molecule has 1 aromatic carbocycles. The number of hydrogen-bond donors (Lipinski definition) is 0. The van der Waals surface area contributed by atoms with Crippen LogP contribution in [0.1, 0.15) is 16.7 Å². The molecule has 0 spiro atoms. The van der Waals surface area contributed by atoms with Crippen molar-refractivity contribution in [3.63, 3.8) is 0 Å². The quantitative estimate of drug-likeness (QED) is 0.739. The second-order valence-electron chi connectivity index (χ2n) is 6.06. The Balaban J connectivity index is 2.29. The predicted octanol–water partition coefficient (Wildman–Crippen LogP) is 4.04. The average molecular weight is 258 g/mol. The van der Waals surface area contributed by atoms with Crippen LogP contribution in [0.4, 0.5) is 5.69 Å². The Hall–Kier alpha value is -1.22. The first-order chi connectivity index (χ1) is 8.29. The van der Waals surface area contributed by atoms with Crippen LogP contribution in [0.2, 0.25) is 19.6 Å². The molecule has 0 N–H and O–H groups in total. The van der Waals surface area contributed by atoms with E-state index in [-0.39, 0.29) is 0 Å². The summed E-state index contributed by atoms with van der Waals surface area (Å²) in [5.41, 5.74) is 5.20. The molecule has 2 rings (SSSR count). The van der Waals surface area contributed by atoms with Crippen LogP contribution in [-0.2, 0) is 0 Å². The van der Waals surface area contributed by atoms with Gasteiger partial charge in [0.1, 0.15) is 8.24 Å². The van der Waals surface area contributed by atoms with E-state index in [4.69, 9.17) is 0 Å². The van der Waals surface area contributed by atoms with Gasteiger partial charge < -0.3 is 9.47 Å². The second-order valence-corrected chi connectivity index (χ2v) is 10.9. The van der Waals surface area contributed by atoms with Crippen LogP contribution in [0.5, 0.6) is 0 Å². The Morgan fingerprint density at radius 2 is 1.50 bits per heavy atom. The summed E-state index contributed by atoms with van der Waals surface area (Å²) in [6, 6.07) is 4.46. The lowest BCUT2D eigenvalue weighted by molar-refractivity contribution is 0.697. The zero-order valence-corrected chi connectivity index (χ0v) is 13.2. The van der Waals surface area contributed by atoms with E-state index < -0.39 is 8.24 Å². The van der Waals surface area contributed by atoms with E-state index in [0.717, 1.165) is 0 Å². The SMILES string of the molecule is Cc1cc(C)c(N2[C]N([Si](C)(C)C)C=C2)c(C)c1. The lowest BCUT2D eigenvalue weighted by atomic mass is 10.0. The van der Waals surface area contributed by atoms with Crippen molar-refractivity contribution in [1.82, 2.24) is 4.57 Å². The van der Waals surface area contributed by atoms with Gasteiger partial charge in [0, 0.05) is 18.1 Å². The third kappa shape index (κ3) is 2.46. The van der Waals surface area contributed by atoms with E-state index in [0.29, 0.717) is 0 Å². The molecule has 0 unspecified atom stereocenters. The maximum absolute atomic E-state index is 3.47. The molecule has 1 heterocycles. The highest BCUT2D eigenvalue weighted by molar-refractivity contribution is 6.73. The zero-order chi connectivity index (χ0) is 13.5. The van der Waals surface area contributed by atoms with Crippen molar-refractivity contribution >= 4 is 13.9 Å². The highest BCUT2D eigenvalue weighted by Gasteiger charge is 2.28. The summed E-state index contributed by atoms with van der Waals surface area (Å²) in [7, 11) is -1.35. The maximum atomic E-state index is 3.47. The summed E-state index contributed by atoms with van der Waals surface area (Å²) >= 11 is 0. The molecular weight excluding hydrogens is 236 g/mol. The van der Waals surface area contributed by atoms with Crippen molar-refractivity contribution in [2.75, 3.05) is 4.90 Å². The molecule has 0 saturated heterocycles. The summed E-state index contributed by atoms with van der Waals surface area (Å²) in [6.45, 7) is 16.9. The summed E-state index contributed by atoms with van der Waals surface area (Å²) in [4.78, 5) is 2.13. The minimum Gasteiger partial charge on any atom is -0.374 e. The molecule has 0 atom stereocenters. The third-order valence-corrected chi connectivity index (χ3v) is 4.87. The van der Waals surface area contributed by atoms with E-state index in [2.05, 4.69) is 81.1 Å². The van der Waals surface area contributed by atoms with Crippen LogP contribution >= 0.6 is 0 Å². The minimum absolute atomic E-state index is 1.26. The Bertz CT molecular complexity index is 463. The van der Waals surface area contributed by atoms with Gasteiger partial charge in [0.05, 0.1) is 0 Å². The predicted molar refractivity (Wildman–Crippen MR) is 80.7 cm³/mol. The molecule has 1 aliphatic heterocycles. The van der Waals surface area contributed by atoms with Gasteiger partial charge in [0.2, 0.25) is 6.67 Å². The maximum Gasteiger partial charge on any atom is 0.203 e. The van der Waals surface area contributed by atoms with Gasteiger partial charge in [-0.25, -0.2) is 0 Å². The molecule has 1 aliphatic rings. The van der Waals surface area contributed by atoms with Gasteiger partial charge in [0.15, 0.2) is 0 Å². The third-order valence-electron chi connectivity index (χ3n) is 3.18. The van der Waals surface area contributed by atoms with Gasteiger partial charge in [-0.05, 0) is 31.9 Å². The molecule has 0 aliphatic carbocycles. The first-order valence-corrected chi connectivity index (χ1v) is 9.85. The van der Waals surface area contributed by atoms with E-state index in [9.17, 15) is 0 Å². The Kier molecular flexibility index (Phi) is 3.28. The zero-order valence-electron chi connectivity index (χ0n) is 12.2. The van der Waals surface area contributed by atoms with Crippen molar-refractivity contribution in [1.29, 1.82) is 0 Å². The van der Waals surface area contributed by atoms with Crippen LogP contribution in [0.3, 0.4) is 0 Å². The van der Waals surface area contributed by atoms with Crippen LogP contribution < -0.4 is 4.90 Å². The molecule has 0 saturated carbocycles. The molecule has 2 nitrogen and oxygen atoms in total. The Morgan fingerprint density at radius 3 is 1.94 bits per heavy atom. The first kappa shape index (κ1) is 13.2. The van der Waals surface area contributed by atoms with Crippen LogP contribution in [-0.4, -0.2) is 12.8 Å². The smallest absolute Gasteiger partial charge is 0.203 e. The van der Waals surface area contributed by atoms with E-state index in [1.807, 2.05) is 0 Å². The summed E-state index contributed by atoms with van der Waals surface area (Å²) in [6.07, 6.45) is 4.26. The minimum atomic E-state index is -1.35. The van der Waals surface area contributed by atoms with E-state index >= 15 is 0 Å².